The Hall–Kier alpha value is -2.66. The van der Waals surface area contributed by atoms with Gasteiger partial charge in [-0.05, 0) is 62.3 Å². The lowest BCUT2D eigenvalue weighted by Gasteiger charge is -2.20. The molecule has 0 radical (unpaired) electrons. The summed E-state index contributed by atoms with van der Waals surface area (Å²) in [6.07, 6.45) is 1.06. The lowest BCUT2D eigenvalue weighted by atomic mass is 9.99. The summed E-state index contributed by atoms with van der Waals surface area (Å²) in [6, 6.07) is 14.0. The molecule has 2 amide bonds. The maximum absolute atomic E-state index is 12.4. The quantitative estimate of drug-likeness (QED) is 0.578. The minimum atomic E-state index is -0.414. The topological polar surface area (TPSA) is 70.2 Å². The number of carbonyl (C=O) groups excluding carboxylic acids is 2. The van der Waals surface area contributed by atoms with Crippen molar-refractivity contribution in [2.24, 2.45) is 5.92 Å². The highest BCUT2D eigenvalue weighted by molar-refractivity contribution is 5.96. The van der Waals surface area contributed by atoms with E-state index in [1.165, 1.54) is 5.56 Å². The predicted octanol–water partition coefficient (Wildman–Crippen LogP) is 4.30. The van der Waals surface area contributed by atoms with Gasteiger partial charge >= 0.3 is 0 Å². The van der Waals surface area contributed by atoms with Crippen LogP contribution < -0.4 is 16.0 Å². The molecule has 0 saturated carbocycles. The van der Waals surface area contributed by atoms with Gasteiger partial charge in [-0.1, -0.05) is 56.3 Å². The summed E-state index contributed by atoms with van der Waals surface area (Å²) in [5, 5.41) is 8.90. The van der Waals surface area contributed by atoms with E-state index in [-0.39, 0.29) is 24.4 Å². The molecule has 2 aromatic rings. The first-order chi connectivity index (χ1) is 14.2. The van der Waals surface area contributed by atoms with Crippen molar-refractivity contribution in [1.29, 1.82) is 0 Å². The number of carbonyl (C=O) groups is 2. The number of nitrogens with one attached hydrogen (secondary N) is 3. The van der Waals surface area contributed by atoms with Gasteiger partial charge in [0.1, 0.15) is 0 Å². The first-order valence-corrected chi connectivity index (χ1v) is 10.7. The molecule has 0 unspecified atom stereocenters. The molecule has 2 aromatic carbocycles. The SMILES string of the molecule is Cc1cccc(C)c1NC(=O)CNC(=O)[C@H](C)N[C@H](C)c1ccc(CC(C)C)cc1. The van der Waals surface area contributed by atoms with Gasteiger partial charge in [0.15, 0.2) is 0 Å². The molecule has 0 saturated heterocycles. The largest absolute Gasteiger partial charge is 0.346 e. The van der Waals surface area contributed by atoms with Gasteiger partial charge < -0.3 is 10.6 Å². The van der Waals surface area contributed by atoms with Crippen molar-refractivity contribution >= 4 is 17.5 Å². The molecule has 0 aliphatic carbocycles. The maximum Gasteiger partial charge on any atom is 0.243 e. The Morgan fingerprint density at radius 1 is 0.900 bits per heavy atom. The Morgan fingerprint density at radius 2 is 1.50 bits per heavy atom. The van der Waals surface area contributed by atoms with Gasteiger partial charge in [0.25, 0.3) is 0 Å². The van der Waals surface area contributed by atoms with Crippen LogP contribution in [-0.2, 0) is 16.0 Å². The molecular weight excluding hydrogens is 374 g/mol. The number of anilines is 1. The van der Waals surface area contributed by atoms with Gasteiger partial charge in [-0.15, -0.1) is 0 Å². The van der Waals surface area contributed by atoms with E-state index in [0.717, 1.165) is 28.8 Å². The van der Waals surface area contributed by atoms with Gasteiger partial charge in [-0.2, -0.15) is 0 Å². The van der Waals surface area contributed by atoms with Gasteiger partial charge in [-0.3, -0.25) is 14.9 Å². The fourth-order valence-corrected chi connectivity index (χ4v) is 3.48. The van der Waals surface area contributed by atoms with Crippen molar-refractivity contribution in [1.82, 2.24) is 10.6 Å². The maximum atomic E-state index is 12.4. The summed E-state index contributed by atoms with van der Waals surface area (Å²) in [5.41, 5.74) is 5.25. The highest BCUT2D eigenvalue weighted by Gasteiger charge is 2.17. The van der Waals surface area contributed by atoms with Crippen LogP contribution in [0.5, 0.6) is 0 Å². The van der Waals surface area contributed by atoms with E-state index in [2.05, 4.69) is 54.1 Å². The fourth-order valence-electron chi connectivity index (χ4n) is 3.48. The fraction of sp³-hybridized carbons (Fsp3) is 0.440. The highest BCUT2D eigenvalue weighted by Crippen LogP contribution is 2.19. The third kappa shape index (κ3) is 6.99. The molecule has 3 N–H and O–H groups in total. The van der Waals surface area contributed by atoms with Gasteiger partial charge in [0.2, 0.25) is 11.8 Å². The van der Waals surface area contributed by atoms with E-state index < -0.39 is 6.04 Å². The standard InChI is InChI=1S/C25H35N3O2/c1-16(2)14-21-10-12-22(13-11-21)19(5)27-20(6)25(30)26-15-23(29)28-24-17(3)8-7-9-18(24)4/h7-13,16,19-20,27H,14-15H2,1-6H3,(H,26,30)(H,28,29)/t19-,20+/m1/s1. The third-order valence-electron chi connectivity index (χ3n) is 5.19. The second kappa shape index (κ2) is 10.9. The number of benzene rings is 2. The average Bonchev–Trinajstić information content (AvgIpc) is 2.69. The first-order valence-electron chi connectivity index (χ1n) is 10.7. The molecule has 0 spiro atoms. The number of aryl methyl sites for hydroxylation is 2. The molecular formula is C25H35N3O2. The minimum Gasteiger partial charge on any atom is -0.346 e. The second-order valence-electron chi connectivity index (χ2n) is 8.48. The average molecular weight is 410 g/mol. The van der Waals surface area contributed by atoms with Crippen molar-refractivity contribution in [2.75, 3.05) is 11.9 Å². The van der Waals surface area contributed by atoms with Gasteiger partial charge in [0.05, 0.1) is 12.6 Å². The van der Waals surface area contributed by atoms with E-state index in [4.69, 9.17) is 0 Å². The van der Waals surface area contributed by atoms with Crippen molar-refractivity contribution in [3.05, 3.63) is 64.7 Å². The summed E-state index contributed by atoms with van der Waals surface area (Å²) in [4.78, 5) is 24.7. The van der Waals surface area contributed by atoms with Crippen molar-refractivity contribution in [3.8, 4) is 0 Å². The lowest BCUT2D eigenvalue weighted by molar-refractivity contribution is -0.125. The monoisotopic (exact) mass is 409 g/mol. The van der Waals surface area contributed by atoms with Crippen LogP contribution in [0.4, 0.5) is 5.69 Å². The Morgan fingerprint density at radius 3 is 2.07 bits per heavy atom. The molecule has 5 nitrogen and oxygen atoms in total. The molecule has 0 aliphatic rings. The van der Waals surface area contributed by atoms with Crippen LogP contribution in [0, 0.1) is 19.8 Å². The van der Waals surface area contributed by atoms with Crippen molar-refractivity contribution in [3.63, 3.8) is 0 Å². The number of hydrogen-bond acceptors (Lipinski definition) is 3. The van der Waals surface area contributed by atoms with Crippen LogP contribution in [0.15, 0.2) is 42.5 Å². The van der Waals surface area contributed by atoms with Crippen LogP contribution in [0.2, 0.25) is 0 Å². The Bertz CT molecular complexity index is 839. The normalized spacial score (nSPS) is 13.0. The first kappa shape index (κ1) is 23.6. The molecule has 0 fully saturated rings. The zero-order valence-corrected chi connectivity index (χ0v) is 19.0. The summed E-state index contributed by atoms with van der Waals surface area (Å²) in [7, 11) is 0. The molecule has 0 heterocycles. The highest BCUT2D eigenvalue weighted by atomic mass is 16.2. The number of amides is 2. The Kier molecular flexibility index (Phi) is 8.60. The van der Waals surface area contributed by atoms with E-state index in [0.29, 0.717) is 5.92 Å². The van der Waals surface area contributed by atoms with Gasteiger partial charge in [0, 0.05) is 11.7 Å². The minimum absolute atomic E-state index is 0.0299. The smallest absolute Gasteiger partial charge is 0.243 e. The molecule has 0 aliphatic heterocycles. The molecule has 5 heteroatoms. The number of para-hydroxylation sites is 1. The lowest BCUT2D eigenvalue weighted by Crippen LogP contribution is -2.45. The van der Waals surface area contributed by atoms with Crippen LogP contribution in [0.3, 0.4) is 0 Å². The number of rotatable bonds is 9. The molecule has 162 valence electrons. The third-order valence-corrected chi connectivity index (χ3v) is 5.19. The van der Waals surface area contributed by atoms with Crippen LogP contribution in [-0.4, -0.2) is 24.4 Å². The van der Waals surface area contributed by atoms with E-state index in [1.807, 2.05) is 45.9 Å². The summed E-state index contributed by atoms with van der Waals surface area (Å²) in [5.74, 6) is 0.193. The van der Waals surface area contributed by atoms with Gasteiger partial charge in [-0.25, -0.2) is 0 Å². The zero-order chi connectivity index (χ0) is 22.3. The zero-order valence-electron chi connectivity index (χ0n) is 19.0. The van der Waals surface area contributed by atoms with Crippen LogP contribution in [0.1, 0.15) is 56.0 Å². The van der Waals surface area contributed by atoms with Crippen molar-refractivity contribution in [2.45, 2.75) is 60.0 Å². The Balaban J connectivity index is 1.83. The second-order valence-corrected chi connectivity index (χ2v) is 8.48. The molecule has 0 aromatic heterocycles. The molecule has 30 heavy (non-hydrogen) atoms. The molecule has 0 bridgehead atoms. The predicted molar refractivity (Wildman–Crippen MR) is 124 cm³/mol. The Labute approximate surface area is 180 Å². The number of hydrogen-bond donors (Lipinski definition) is 3. The van der Waals surface area contributed by atoms with E-state index in [1.54, 1.807) is 0 Å². The molecule has 2 rings (SSSR count). The summed E-state index contributed by atoms with van der Waals surface area (Å²) >= 11 is 0. The molecule has 2 atom stereocenters. The summed E-state index contributed by atoms with van der Waals surface area (Å²) < 4.78 is 0. The van der Waals surface area contributed by atoms with Crippen LogP contribution in [0.25, 0.3) is 0 Å². The van der Waals surface area contributed by atoms with E-state index in [9.17, 15) is 9.59 Å². The summed E-state index contributed by atoms with van der Waals surface area (Å²) in [6.45, 7) is 12.1. The van der Waals surface area contributed by atoms with Crippen LogP contribution >= 0.6 is 0 Å². The van der Waals surface area contributed by atoms with Crippen molar-refractivity contribution < 1.29 is 9.59 Å². The van der Waals surface area contributed by atoms with E-state index >= 15 is 0 Å².